The van der Waals surface area contributed by atoms with Crippen molar-refractivity contribution in [3.05, 3.63) is 210 Å². The highest BCUT2D eigenvalue weighted by molar-refractivity contribution is 6.01. The predicted molar refractivity (Wildman–Crippen MR) is 208 cm³/mol. The molecule has 238 valence electrons. The number of benzene rings is 8. The Bertz CT molecular complexity index is 2700. The first kappa shape index (κ1) is 29.2. The van der Waals surface area contributed by atoms with Gasteiger partial charge < -0.3 is 0 Å². The lowest BCUT2D eigenvalue weighted by molar-refractivity contribution is 0.775. The summed E-state index contributed by atoms with van der Waals surface area (Å²) in [5.41, 5.74) is 9.91. The fraction of sp³-hybridized carbons (Fsp3) is 0.0208. The standard InChI is InChI=1S/C48H31N3/c1-4-15-34(16-5-1)45-49-46(36-26-24-32-14-10-11-17-35(32)30-36)51-47(50-45)37-27-25-33-28-29-41-40-22-12-13-23-43(40)48(44(41)42(33)31-37,38-18-6-2-7-19-38)39-20-8-3-9-21-39/h1-31H. The highest BCUT2D eigenvalue weighted by Gasteiger charge is 2.47. The van der Waals surface area contributed by atoms with Crippen LogP contribution in [0.4, 0.5) is 0 Å². The normalized spacial score (nSPS) is 12.9. The zero-order valence-corrected chi connectivity index (χ0v) is 27.7. The van der Waals surface area contributed by atoms with Crippen molar-refractivity contribution in [1.29, 1.82) is 0 Å². The van der Waals surface area contributed by atoms with Crippen LogP contribution in [0.15, 0.2) is 188 Å². The van der Waals surface area contributed by atoms with Gasteiger partial charge in [0, 0.05) is 16.7 Å². The topological polar surface area (TPSA) is 38.7 Å². The van der Waals surface area contributed by atoms with E-state index in [2.05, 4.69) is 170 Å². The molecule has 8 aromatic carbocycles. The molecular weight excluding hydrogens is 619 g/mol. The van der Waals surface area contributed by atoms with Crippen LogP contribution in [0, 0.1) is 0 Å². The third-order valence-electron chi connectivity index (χ3n) is 10.4. The maximum absolute atomic E-state index is 5.18. The van der Waals surface area contributed by atoms with Gasteiger partial charge in [-0.25, -0.2) is 15.0 Å². The average Bonchev–Trinajstić information content (AvgIpc) is 3.53. The quantitative estimate of drug-likeness (QED) is 0.186. The number of nitrogens with zero attached hydrogens (tertiary/aromatic N) is 3. The van der Waals surface area contributed by atoms with E-state index in [0.717, 1.165) is 22.1 Å². The van der Waals surface area contributed by atoms with Crippen LogP contribution in [0.3, 0.4) is 0 Å². The SMILES string of the molecule is c1ccc(-c2nc(-c3ccc4ccccc4c3)nc(-c3ccc4ccc5c(c4c3)C(c3ccccc3)(c3ccccc3)c3ccccc3-5)n2)cc1. The van der Waals surface area contributed by atoms with E-state index in [9.17, 15) is 0 Å². The summed E-state index contributed by atoms with van der Waals surface area (Å²) < 4.78 is 0. The molecule has 1 aliphatic rings. The molecule has 9 aromatic rings. The van der Waals surface area contributed by atoms with Crippen LogP contribution >= 0.6 is 0 Å². The van der Waals surface area contributed by atoms with Crippen molar-refractivity contribution >= 4 is 21.5 Å². The number of aromatic nitrogens is 3. The summed E-state index contributed by atoms with van der Waals surface area (Å²) in [5.74, 6) is 1.95. The van der Waals surface area contributed by atoms with Crippen molar-refractivity contribution in [2.24, 2.45) is 0 Å². The van der Waals surface area contributed by atoms with Crippen molar-refractivity contribution in [3.63, 3.8) is 0 Å². The molecule has 0 saturated carbocycles. The van der Waals surface area contributed by atoms with E-state index < -0.39 is 5.41 Å². The molecule has 3 heteroatoms. The minimum atomic E-state index is -0.517. The summed E-state index contributed by atoms with van der Waals surface area (Å²) in [7, 11) is 0. The molecule has 51 heavy (non-hydrogen) atoms. The minimum absolute atomic E-state index is 0.517. The lowest BCUT2D eigenvalue weighted by Crippen LogP contribution is -2.28. The van der Waals surface area contributed by atoms with Crippen LogP contribution in [0.1, 0.15) is 22.3 Å². The van der Waals surface area contributed by atoms with Gasteiger partial charge in [-0.05, 0) is 67.1 Å². The summed E-state index contributed by atoms with van der Waals surface area (Å²) in [6, 6.07) is 67.0. The lowest BCUT2D eigenvalue weighted by atomic mass is 9.66. The fourth-order valence-electron chi connectivity index (χ4n) is 8.09. The van der Waals surface area contributed by atoms with Crippen molar-refractivity contribution in [3.8, 4) is 45.3 Å². The highest BCUT2D eigenvalue weighted by atomic mass is 15.0. The molecule has 0 atom stereocenters. The Morgan fingerprint density at radius 2 is 0.843 bits per heavy atom. The van der Waals surface area contributed by atoms with Crippen molar-refractivity contribution < 1.29 is 0 Å². The molecular formula is C48H31N3. The van der Waals surface area contributed by atoms with E-state index in [1.165, 1.54) is 49.5 Å². The van der Waals surface area contributed by atoms with Crippen LogP contribution in [-0.2, 0) is 5.41 Å². The van der Waals surface area contributed by atoms with Gasteiger partial charge in [-0.2, -0.15) is 0 Å². The number of rotatable bonds is 5. The van der Waals surface area contributed by atoms with Gasteiger partial charge >= 0.3 is 0 Å². The number of hydrogen-bond acceptors (Lipinski definition) is 3. The largest absolute Gasteiger partial charge is 0.208 e. The van der Waals surface area contributed by atoms with E-state index in [1.807, 2.05) is 18.2 Å². The summed E-state index contributed by atoms with van der Waals surface area (Å²) in [4.78, 5) is 15.3. The molecule has 0 saturated heterocycles. The van der Waals surface area contributed by atoms with Gasteiger partial charge in [0.05, 0.1) is 5.41 Å². The molecule has 0 amide bonds. The molecule has 3 nitrogen and oxygen atoms in total. The van der Waals surface area contributed by atoms with Gasteiger partial charge in [0.25, 0.3) is 0 Å². The Morgan fingerprint density at radius 1 is 0.333 bits per heavy atom. The fourth-order valence-corrected chi connectivity index (χ4v) is 8.09. The Hall–Kier alpha value is -6.71. The van der Waals surface area contributed by atoms with Gasteiger partial charge in [0.1, 0.15) is 0 Å². The van der Waals surface area contributed by atoms with E-state index in [4.69, 9.17) is 15.0 Å². The summed E-state index contributed by atoms with van der Waals surface area (Å²) in [6.07, 6.45) is 0. The molecule has 0 unspecified atom stereocenters. The zero-order valence-electron chi connectivity index (χ0n) is 27.7. The third kappa shape index (κ3) is 4.63. The third-order valence-corrected chi connectivity index (χ3v) is 10.4. The molecule has 0 N–H and O–H groups in total. The van der Waals surface area contributed by atoms with E-state index in [0.29, 0.717) is 17.5 Å². The minimum Gasteiger partial charge on any atom is -0.208 e. The van der Waals surface area contributed by atoms with Crippen LogP contribution in [0.2, 0.25) is 0 Å². The monoisotopic (exact) mass is 649 g/mol. The van der Waals surface area contributed by atoms with Crippen LogP contribution < -0.4 is 0 Å². The Kier molecular flexibility index (Phi) is 6.71. The molecule has 0 bridgehead atoms. The van der Waals surface area contributed by atoms with Crippen LogP contribution in [-0.4, -0.2) is 15.0 Å². The van der Waals surface area contributed by atoms with E-state index in [1.54, 1.807) is 0 Å². The molecule has 0 radical (unpaired) electrons. The molecule has 0 spiro atoms. The van der Waals surface area contributed by atoms with Crippen molar-refractivity contribution in [2.75, 3.05) is 0 Å². The van der Waals surface area contributed by atoms with E-state index >= 15 is 0 Å². The molecule has 1 heterocycles. The maximum atomic E-state index is 5.18. The van der Waals surface area contributed by atoms with Crippen LogP contribution in [0.5, 0.6) is 0 Å². The molecule has 1 aliphatic carbocycles. The van der Waals surface area contributed by atoms with Crippen molar-refractivity contribution in [1.82, 2.24) is 15.0 Å². The Labute approximate surface area is 296 Å². The molecule has 10 rings (SSSR count). The van der Waals surface area contributed by atoms with Gasteiger partial charge in [-0.15, -0.1) is 0 Å². The Morgan fingerprint density at radius 3 is 1.53 bits per heavy atom. The van der Waals surface area contributed by atoms with Gasteiger partial charge in [-0.3, -0.25) is 0 Å². The summed E-state index contributed by atoms with van der Waals surface area (Å²) in [6.45, 7) is 0. The maximum Gasteiger partial charge on any atom is 0.164 e. The Balaban J connectivity index is 1.25. The summed E-state index contributed by atoms with van der Waals surface area (Å²) >= 11 is 0. The van der Waals surface area contributed by atoms with E-state index in [-0.39, 0.29) is 0 Å². The van der Waals surface area contributed by atoms with Gasteiger partial charge in [0.2, 0.25) is 0 Å². The molecule has 0 aliphatic heterocycles. The molecule has 1 aromatic heterocycles. The predicted octanol–water partition coefficient (Wildman–Crippen LogP) is 11.5. The zero-order chi connectivity index (χ0) is 33.8. The second-order valence-corrected chi connectivity index (χ2v) is 13.2. The summed E-state index contributed by atoms with van der Waals surface area (Å²) in [5, 5.41) is 4.69. The van der Waals surface area contributed by atoms with Gasteiger partial charge in [0.15, 0.2) is 17.5 Å². The smallest absolute Gasteiger partial charge is 0.164 e. The van der Waals surface area contributed by atoms with Gasteiger partial charge in [-0.1, -0.05) is 176 Å². The highest BCUT2D eigenvalue weighted by Crippen LogP contribution is 2.58. The van der Waals surface area contributed by atoms with Crippen LogP contribution in [0.25, 0.3) is 66.8 Å². The average molecular weight is 650 g/mol. The number of fused-ring (bicyclic) bond motifs is 6. The first-order valence-electron chi connectivity index (χ1n) is 17.4. The molecule has 0 fully saturated rings. The second-order valence-electron chi connectivity index (χ2n) is 13.2. The number of hydrogen-bond donors (Lipinski definition) is 0. The lowest BCUT2D eigenvalue weighted by Gasteiger charge is -2.34. The second kappa shape index (κ2) is 11.7. The first-order chi connectivity index (χ1) is 25.3. The van der Waals surface area contributed by atoms with Crippen molar-refractivity contribution in [2.45, 2.75) is 5.41 Å². The first-order valence-corrected chi connectivity index (χ1v) is 17.4.